The molecule has 1 amide bonds. The van der Waals surface area contributed by atoms with Crippen LogP contribution in [-0.4, -0.2) is 54.9 Å². The van der Waals surface area contributed by atoms with E-state index in [-0.39, 0.29) is 18.6 Å². The van der Waals surface area contributed by atoms with Crippen LogP contribution in [0.3, 0.4) is 0 Å². The van der Waals surface area contributed by atoms with E-state index < -0.39 is 0 Å². The van der Waals surface area contributed by atoms with E-state index >= 15 is 0 Å². The van der Waals surface area contributed by atoms with E-state index in [1.54, 1.807) is 0 Å². The largest absolute Gasteiger partial charge is 0.394 e. The molecule has 1 heterocycles. The van der Waals surface area contributed by atoms with Crippen LogP contribution in [0.4, 0.5) is 5.69 Å². The number of benzene rings is 1. The fourth-order valence-corrected chi connectivity index (χ4v) is 2.84. The number of carbonyl (C=O) groups is 1. The maximum absolute atomic E-state index is 12.1. The average molecular weight is 390 g/mol. The van der Waals surface area contributed by atoms with E-state index in [9.17, 15) is 4.79 Å². The first-order valence-corrected chi connectivity index (χ1v) is 7.67. The number of aliphatic hydroxyl groups is 1. The Balaban J connectivity index is 1.88. The molecule has 1 aliphatic rings. The zero-order valence-electron chi connectivity index (χ0n) is 11.4. The van der Waals surface area contributed by atoms with Crippen molar-refractivity contribution in [2.45, 2.75) is 13.0 Å². The standard InChI is InChI=1S/C14H19IN2O3/c1-10-6-11(15)2-3-13(10)16-14(19)8-17-4-5-20-12(7-17)9-18/h2-3,6,12,18H,4-5,7-9H2,1H3,(H,16,19). The van der Waals surface area contributed by atoms with Crippen LogP contribution in [-0.2, 0) is 9.53 Å². The van der Waals surface area contributed by atoms with Crippen molar-refractivity contribution in [1.82, 2.24) is 4.90 Å². The van der Waals surface area contributed by atoms with Gasteiger partial charge < -0.3 is 15.2 Å². The molecule has 1 aromatic carbocycles. The predicted molar refractivity (Wildman–Crippen MR) is 85.8 cm³/mol. The van der Waals surface area contributed by atoms with Crippen LogP contribution in [0.5, 0.6) is 0 Å². The minimum Gasteiger partial charge on any atom is -0.394 e. The Labute approximate surface area is 132 Å². The topological polar surface area (TPSA) is 61.8 Å². The van der Waals surface area contributed by atoms with Gasteiger partial charge in [-0.05, 0) is 53.3 Å². The van der Waals surface area contributed by atoms with Crippen LogP contribution in [0.1, 0.15) is 5.56 Å². The van der Waals surface area contributed by atoms with E-state index in [0.29, 0.717) is 19.7 Å². The number of halogens is 1. The third kappa shape index (κ3) is 4.41. The zero-order valence-corrected chi connectivity index (χ0v) is 13.6. The van der Waals surface area contributed by atoms with Gasteiger partial charge in [0.1, 0.15) is 0 Å². The molecule has 2 rings (SSSR count). The molecule has 110 valence electrons. The number of carbonyl (C=O) groups excluding carboxylic acids is 1. The Morgan fingerprint density at radius 2 is 2.40 bits per heavy atom. The van der Waals surface area contributed by atoms with Crippen LogP contribution < -0.4 is 5.32 Å². The SMILES string of the molecule is Cc1cc(I)ccc1NC(=O)CN1CCOC(CO)C1. The van der Waals surface area contributed by atoms with Crippen molar-refractivity contribution in [3.8, 4) is 0 Å². The molecule has 0 bridgehead atoms. The lowest BCUT2D eigenvalue weighted by molar-refractivity contribution is -0.120. The number of anilines is 1. The fraction of sp³-hybridized carbons (Fsp3) is 0.500. The fourth-order valence-electron chi connectivity index (χ4n) is 2.19. The molecule has 6 heteroatoms. The second-order valence-corrected chi connectivity index (χ2v) is 6.16. The number of nitrogens with one attached hydrogen (secondary N) is 1. The van der Waals surface area contributed by atoms with Gasteiger partial charge in [-0.25, -0.2) is 0 Å². The van der Waals surface area contributed by atoms with Crippen molar-refractivity contribution >= 4 is 34.2 Å². The monoisotopic (exact) mass is 390 g/mol. The molecule has 1 aromatic rings. The first-order valence-electron chi connectivity index (χ1n) is 6.59. The van der Waals surface area contributed by atoms with E-state index in [0.717, 1.165) is 21.4 Å². The van der Waals surface area contributed by atoms with Crippen LogP contribution in [0.15, 0.2) is 18.2 Å². The van der Waals surface area contributed by atoms with Gasteiger partial charge in [-0.2, -0.15) is 0 Å². The van der Waals surface area contributed by atoms with Crippen molar-refractivity contribution in [1.29, 1.82) is 0 Å². The summed E-state index contributed by atoms with van der Waals surface area (Å²) in [6.07, 6.45) is -0.184. The second kappa shape index (κ2) is 7.35. The van der Waals surface area contributed by atoms with Crippen LogP contribution in [0.2, 0.25) is 0 Å². The van der Waals surface area contributed by atoms with Crippen molar-refractivity contribution in [3.63, 3.8) is 0 Å². The summed E-state index contributed by atoms with van der Waals surface area (Å²) in [5.41, 5.74) is 1.91. The van der Waals surface area contributed by atoms with Crippen LogP contribution in [0.25, 0.3) is 0 Å². The summed E-state index contributed by atoms with van der Waals surface area (Å²) in [5.74, 6) is -0.0344. The molecule has 5 nitrogen and oxygen atoms in total. The summed E-state index contributed by atoms with van der Waals surface area (Å²) >= 11 is 2.25. The molecule has 0 spiro atoms. The van der Waals surface area contributed by atoms with Gasteiger partial charge in [0.2, 0.25) is 5.91 Å². The Morgan fingerprint density at radius 1 is 1.60 bits per heavy atom. The zero-order chi connectivity index (χ0) is 14.5. The highest BCUT2D eigenvalue weighted by Gasteiger charge is 2.21. The second-order valence-electron chi connectivity index (χ2n) is 4.92. The Hall–Kier alpha value is -0.700. The number of hydrogen-bond acceptors (Lipinski definition) is 4. The maximum Gasteiger partial charge on any atom is 0.238 e. The summed E-state index contributed by atoms with van der Waals surface area (Å²) in [4.78, 5) is 14.1. The van der Waals surface area contributed by atoms with Gasteiger partial charge >= 0.3 is 0 Å². The number of aryl methyl sites for hydroxylation is 1. The van der Waals surface area contributed by atoms with Crippen LogP contribution in [0, 0.1) is 10.5 Å². The first-order chi connectivity index (χ1) is 9.58. The van der Waals surface area contributed by atoms with Gasteiger partial charge in [-0.1, -0.05) is 0 Å². The molecule has 20 heavy (non-hydrogen) atoms. The third-order valence-electron chi connectivity index (χ3n) is 3.26. The van der Waals surface area contributed by atoms with Crippen LogP contribution >= 0.6 is 22.6 Å². The molecule has 1 aliphatic heterocycles. The molecule has 1 saturated heterocycles. The first kappa shape index (κ1) is 15.7. The lowest BCUT2D eigenvalue weighted by Crippen LogP contribution is -2.46. The summed E-state index contributed by atoms with van der Waals surface area (Å²) in [6.45, 7) is 4.17. The summed E-state index contributed by atoms with van der Waals surface area (Å²) in [6, 6.07) is 5.93. The number of aliphatic hydroxyl groups excluding tert-OH is 1. The van der Waals surface area contributed by atoms with Gasteiger partial charge in [0, 0.05) is 22.3 Å². The Morgan fingerprint density at radius 3 is 3.10 bits per heavy atom. The number of nitrogens with zero attached hydrogens (tertiary/aromatic N) is 1. The molecule has 0 radical (unpaired) electrons. The number of rotatable bonds is 4. The van der Waals surface area contributed by atoms with Gasteiger partial charge in [-0.15, -0.1) is 0 Å². The molecule has 2 N–H and O–H groups in total. The highest BCUT2D eigenvalue weighted by molar-refractivity contribution is 14.1. The minimum atomic E-state index is -0.184. The normalized spacial score (nSPS) is 19.9. The molecule has 0 aromatic heterocycles. The van der Waals surface area contributed by atoms with Gasteiger partial charge in [0.25, 0.3) is 0 Å². The van der Waals surface area contributed by atoms with E-state index in [1.165, 1.54) is 0 Å². The van der Waals surface area contributed by atoms with Crippen molar-refractivity contribution in [3.05, 3.63) is 27.3 Å². The van der Waals surface area contributed by atoms with E-state index in [1.807, 2.05) is 30.0 Å². The Bertz CT molecular complexity index is 481. The van der Waals surface area contributed by atoms with E-state index in [4.69, 9.17) is 9.84 Å². The number of ether oxygens (including phenoxy) is 1. The molecule has 1 atom stereocenters. The molecular formula is C14H19IN2O3. The predicted octanol–water partition coefficient (Wildman–Crippen LogP) is 1.23. The highest BCUT2D eigenvalue weighted by atomic mass is 127. The third-order valence-corrected chi connectivity index (χ3v) is 3.93. The number of hydrogen-bond donors (Lipinski definition) is 2. The smallest absolute Gasteiger partial charge is 0.238 e. The van der Waals surface area contributed by atoms with E-state index in [2.05, 4.69) is 27.9 Å². The quantitative estimate of drug-likeness (QED) is 0.760. The lowest BCUT2D eigenvalue weighted by atomic mass is 10.2. The summed E-state index contributed by atoms with van der Waals surface area (Å²) in [7, 11) is 0. The molecule has 1 unspecified atom stereocenters. The number of morpholine rings is 1. The molecular weight excluding hydrogens is 371 g/mol. The highest BCUT2D eigenvalue weighted by Crippen LogP contribution is 2.17. The van der Waals surface area contributed by atoms with Crippen molar-refractivity contribution in [2.75, 3.05) is 38.2 Å². The van der Waals surface area contributed by atoms with Gasteiger partial charge in [0.15, 0.2) is 0 Å². The molecule has 0 saturated carbocycles. The van der Waals surface area contributed by atoms with Gasteiger partial charge in [-0.3, -0.25) is 9.69 Å². The van der Waals surface area contributed by atoms with Crippen molar-refractivity contribution < 1.29 is 14.6 Å². The maximum atomic E-state index is 12.1. The minimum absolute atomic E-state index is 0.00561. The summed E-state index contributed by atoms with van der Waals surface area (Å²) < 4.78 is 6.52. The Kier molecular flexibility index (Phi) is 5.76. The summed E-state index contributed by atoms with van der Waals surface area (Å²) in [5, 5.41) is 12.0. The van der Waals surface area contributed by atoms with Crippen molar-refractivity contribution in [2.24, 2.45) is 0 Å². The lowest BCUT2D eigenvalue weighted by Gasteiger charge is -2.31. The molecule has 0 aliphatic carbocycles. The average Bonchev–Trinajstić information content (AvgIpc) is 2.42. The molecule has 1 fully saturated rings. The number of amides is 1. The van der Waals surface area contributed by atoms with Gasteiger partial charge in [0.05, 0.1) is 25.9 Å².